The van der Waals surface area contributed by atoms with E-state index in [9.17, 15) is 9.90 Å². The van der Waals surface area contributed by atoms with Gasteiger partial charge < -0.3 is 19.5 Å². The van der Waals surface area contributed by atoms with Gasteiger partial charge in [0.1, 0.15) is 5.75 Å². The fraction of sp³-hybridized carbons (Fsp3) is 0.533. The van der Waals surface area contributed by atoms with E-state index in [4.69, 9.17) is 4.74 Å². The summed E-state index contributed by atoms with van der Waals surface area (Å²) in [6.07, 6.45) is 1.05. The molecule has 0 N–H and O–H groups in total. The number of carboxylic acid groups (broad SMARTS) is 1. The second-order valence-corrected chi connectivity index (χ2v) is 4.56. The summed E-state index contributed by atoms with van der Waals surface area (Å²) in [5, 5.41) is 10.6. The smallest absolute Gasteiger partial charge is 0.119 e. The number of carbonyl (C=O) groups excluding carboxylic acids is 1. The molecule has 1 atom stereocenters. The number of nitrogens with zero attached hydrogens (tertiary/aromatic N) is 1. The molecule has 0 saturated heterocycles. The number of carboxylic acids is 1. The molecule has 0 aliphatic heterocycles. The standard InChI is InChI=1S/C15H23NO3.ClH/c1-4-16(5-2)11-10-12(3)19-14-8-6-13(7-9-14)15(17)18;/h6-9,12H,4-5,10-11H2,1-3H3,(H,17,18);1H/p-1. The molecular formula is C15H23ClNO3-. The quantitative estimate of drug-likeness (QED) is 0.736. The average molecular weight is 301 g/mol. The maximum Gasteiger partial charge on any atom is 0.119 e. The molecule has 1 rings (SSSR count). The normalized spacial score (nSPS) is 11.8. The van der Waals surface area contributed by atoms with Crippen LogP contribution in [0, 0.1) is 0 Å². The summed E-state index contributed by atoms with van der Waals surface area (Å²) in [5.74, 6) is -0.474. The lowest BCUT2D eigenvalue weighted by Gasteiger charge is -2.21. The molecule has 0 aliphatic rings. The highest BCUT2D eigenvalue weighted by Crippen LogP contribution is 2.14. The third-order valence-electron chi connectivity index (χ3n) is 3.17. The minimum absolute atomic E-state index is 0. The van der Waals surface area contributed by atoms with Gasteiger partial charge in [-0.2, -0.15) is 0 Å². The summed E-state index contributed by atoms with van der Waals surface area (Å²) >= 11 is 0. The number of halogens is 1. The van der Waals surface area contributed by atoms with Crippen LogP contribution in [0.3, 0.4) is 0 Å². The van der Waals surface area contributed by atoms with Crippen molar-refractivity contribution in [3.8, 4) is 5.75 Å². The molecule has 114 valence electrons. The largest absolute Gasteiger partial charge is 0.545 e. The molecule has 0 saturated carbocycles. The second-order valence-electron chi connectivity index (χ2n) is 4.56. The summed E-state index contributed by atoms with van der Waals surface area (Å²) in [7, 11) is 0. The molecular weight excluding hydrogens is 278 g/mol. The van der Waals surface area contributed by atoms with Crippen LogP contribution in [0.4, 0.5) is 0 Å². The van der Waals surface area contributed by atoms with Gasteiger partial charge in [-0.05, 0) is 56.3 Å². The van der Waals surface area contributed by atoms with Crippen molar-refractivity contribution in [1.29, 1.82) is 0 Å². The highest BCUT2D eigenvalue weighted by atomic mass is 35.5. The van der Waals surface area contributed by atoms with Gasteiger partial charge in [0.25, 0.3) is 0 Å². The molecule has 0 aliphatic carbocycles. The minimum atomic E-state index is -1.17. The first-order valence-corrected chi connectivity index (χ1v) is 6.77. The maximum absolute atomic E-state index is 10.6. The maximum atomic E-state index is 10.6. The molecule has 4 nitrogen and oxygen atoms in total. The van der Waals surface area contributed by atoms with Gasteiger partial charge in [-0.3, -0.25) is 0 Å². The molecule has 0 heterocycles. The van der Waals surface area contributed by atoms with E-state index in [1.165, 1.54) is 12.1 Å². The van der Waals surface area contributed by atoms with Crippen LogP contribution in [0.2, 0.25) is 0 Å². The van der Waals surface area contributed by atoms with Crippen molar-refractivity contribution in [2.45, 2.75) is 33.3 Å². The van der Waals surface area contributed by atoms with E-state index in [0.29, 0.717) is 5.75 Å². The van der Waals surface area contributed by atoms with Gasteiger partial charge in [0.2, 0.25) is 0 Å². The van der Waals surface area contributed by atoms with Gasteiger partial charge in [-0.25, -0.2) is 0 Å². The van der Waals surface area contributed by atoms with Crippen LogP contribution < -0.4 is 9.84 Å². The molecule has 1 aromatic carbocycles. The summed E-state index contributed by atoms with van der Waals surface area (Å²) in [5.41, 5.74) is 0.170. The van der Waals surface area contributed by atoms with Crippen LogP contribution in [-0.4, -0.2) is 36.6 Å². The Morgan fingerprint density at radius 2 is 1.80 bits per heavy atom. The molecule has 0 fully saturated rings. The number of benzene rings is 1. The zero-order valence-corrected chi connectivity index (χ0v) is 13.1. The first-order chi connectivity index (χ1) is 9.06. The van der Waals surface area contributed by atoms with Crippen molar-refractivity contribution in [2.24, 2.45) is 0 Å². The zero-order valence-electron chi connectivity index (χ0n) is 12.3. The average Bonchev–Trinajstić information content (AvgIpc) is 2.40. The SMILES string of the molecule is CCN(CC)CCC(C)Oc1ccc(C(=O)[O-])cc1.Cl. The van der Waals surface area contributed by atoms with Gasteiger partial charge in [-0.15, -0.1) is 12.4 Å². The fourth-order valence-electron chi connectivity index (χ4n) is 1.87. The predicted octanol–water partition coefficient (Wildman–Crippen LogP) is 1.97. The molecule has 0 amide bonds. The van der Waals surface area contributed by atoms with Crippen LogP contribution in [-0.2, 0) is 0 Å². The van der Waals surface area contributed by atoms with Crippen LogP contribution in [0.25, 0.3) is 0 Å². The van der Waals surface area contributed by atoms with E-state index in [2.05, 4.69) is 18.7 Å². The second kappa shape index (κ2) is 9.61. The first kappa shape index (κ1) is 18.7. The molecule has 0 spiro atoms. The van der Waals surface area contributed by atoms with Crippen LogP contribution in [0.15, 0.2) is 24.3 Å². The van der Waals surface area contributed by atoms with Gasteiger partial charge >= 0.3 is 0 Å². The van der Waals surface area contributed by atoms with Crippen molar-refractivity contribution in [1.82, 2.24) is 4.90 Å². The molecule has 5 heteroatoms. The van der Waals surface area contributed by atoms with Gasteiger partial charge in [-0.1, -0.05) is 13.8 Å². The van der Waals surface area contributed by atoms with E-state index in [0.717, 1.165) is 26.1 Å². The predicted molar refractivity (Wildman–Crippen MR) is 80.5 cm³/mol. The lowest BCUT2D eigenvalue weighted by Crippen LogP contribution is -2.27. The Bertz CT molecular complexity index is 391. The lowest BCUT2D eigenvalue weighted by molar-refractivity contribution is -0.255. The van der Waals surface area contributed by atoms with E-state index in [1.54, 1.807) is 12.1 Å². The Hall–Kier alpha value is -1.26. The van der Waals surface area contributed by atoms with E-state index in [-0.39, 0.29) is 24.1 Å². The fourth-order valence-corrected chi connectivity index (χ4v) is 1.87. The minimum Gasteiger partial charge on any atom is -0.545 e. The van der Waals surface area contributed by atoms with Crippen LogP contribution in [0.1, 0.15) is 37.6 Å². The molecule has 20 heavy (non-hydrogen) atoms. The highest BCUT2D eigenvalue weighted by molar-refractivity contribution is 5.86. The summed E-state index contributed by atoms with van der Waals surface area (Å²) in [6, 6.07) is 6.33. The van der Waals surface area contributed by atoms with Gasteiger partial charge in [0.15, 0.2) is 0 Å². The van der Waals surface area contributed by atoms with E-state index in [1.807, 2.05) is 6.92 Å². The van der Waals surface area contributed by atoms with E-state index < -0.39 is 5.97 Å². The van der Waals surface area contributed by atoms with E-state index >= 15 is 0 Å². The third-order valence-corrected chi connectivity index (χ3v) is 3.17. The van der Waals surface area contributed by atoms with Crippen molar-refractivity contribution >= 4 is 18.4 Å². The Morgan fingerprint density at radius 1 is 1.25 bits per heavy atom. The van der Waals surface area contributed by atoms with Crippen molar-refractivity contribution < 1.29 is 14.6 Å². The Kier molecular flexibility index (Phi) is 9.01. The van der Waals surface area contributed by atoms with Crippen molar-refractivity contribution in [2.75, 3.05) is 19.6 Å². The Labute approximate surface area is 127 Å². The number of aromatic carboxylic acids is 1. The number of carbonyl (C=O) groups is 1. The number of ether oxygens (including phenoxy) is 1. The number of hydrogen-bond acceptors (Lipinski definition) is 4. The van der Waals surface area contributed by atoms with Crippen molar-refractivity contribution in [3.63, 3.8) is 0 Å². The van der Waals surface area contributed by atoms with Crippen LogP contribution in [0.5, 0.6) is 5.75 Å². The monoisotopic (exact) mass is 300 g/mol. The molecule has 0 bridgehead atoms. The third kappa shape index (κ3) is 6.26. The molecule has 0 aromatic heterocycles. The van der Waals surface area contributed by atoms with Gasteiger partial charge in [0.05, 0.1) is 12.1 Å². The molecule has 1 aromatic rings. The summed E-state index contributed by atoms with van der Waals surface area (Å²) in [6.45, 7) is 9.41. The lowest BCUT2D eigenvalue weighted by atomic mass is 10.2. The van der Waals surface area contributed by atoms with Crippen LogP contribution >= 0.6 is 12.4 Å². The highest BCUT2D eigenvalue weighted by Gasteiger charge is 2.07. The number of hydrogen-bond donors (Lipinski definition) is 0. The molecule has 0 radical (unpaired) electrons. The van der Waals surface area contributed by atoms with Gasteiger partial charge in [0, 0.05) is 6.54 Å². The van der Waals surface area contributed by atoms with Crippen molar-refractivity contribution in [3.05, 3.63) is 29.8 Å². The topological polar surface area (TPSA) is 52.6 Å². The Morgan fingerprint density at radius 3 is 2.25 bits per heavy atom. The Balaban J connectivity index is 0.00000361. The zero-order chi connectivity index (χ0) is 14.3. The number of rotatable bonds is 8. The summed E-state index contributed by atoms with van der Waals surface area (Å²) in [4.78, 5) is 13.0. The first-order valence-electron chi connectivity index (χ1n) is 6.77. The summed E-state index contributed by atoms with van der Waals surface area (Å²) < 4.78 is 5.75. The molecule has 1 unspecified atom stereocenters.